The van der Waals surface area contributed by atoms with Crippen molar-refractivity contribution in [3.8, 4) is 0 Å². The minimum Gasteiger partial charge on any atom is -0.339 e. The molecule has 0 aliphatic rings. The van der Waals surface area contributed by atoms with E-state index in [1.165, 1.54) is 36.7 Å². The predicted octanol–water partition coefficient (Wildman–Crippen LogP) is 3.89. The van der Waals surface area contributed by atoms with Crippen molar-refractivity contribution in [3.63, 3.8) is 0 Å². The van der Waals surface area contributed by atoms with Crippen molar-refractivity contribution in [3.05, 3.63) is 78.0 Å². The van der Waals surface area contributed by atoms with Gasteiger partial charge < -0.3 is 10.6 Å². The van der Waals surface area contributed by atoms with Gasteiger partial charge >= 0.3 is 0 Å². The van der Waals surface area contributed by atoms with Crippen LogP contribution < -0.4 is 10.6 Å². The second-order valence-corrected chi connectivity index (χ2v) is 4.97. The van der Waals surface area contributed by atoms with Crippen LogP contribution in [0, 0.1) is 17.5 Å². The molecule has 0 fully saturated rings. The molecule has 1 aromatic heterocycles. The quantitative estimate of drug-likeness (QED) is 0.753. The van der Waals surface area contributed by atoms with E-state index in [0.717, 1.165) is 12.1 Å². The molecule has 0 atom stereocenters. The largest absolute Gasteiger partial charge is 0.339 e. The molecule has 126 valence electrons. The summed E-state index contributed by atoms with van der Waals surface area (Å²) in [6.07, 6.45) is 2.43. The molecule has 0 radical (unpaired) electrons. The molecule has 8 heteroatoms. The fourth-order valence-electron chi connectivity index (χ4n) is 1.98. The Bertz CT molecular complexity index is 916. The topological polar surface area (TPSA) is 66.9 Å². The lowest BCUT2D eigenvalue weighted by Crippen LogP contribution is -2.15. The molecule has 1 heterocycles. The van der Waals surface area contributed by atoms with Crippen molar-refractivity contribution in [1.82, 2.24) is 9.97 Å². The summed E-state index contributed by atoms with van der Waals surface area (Å²) in [5.74, 6) is -2.93. The average Bonchev–Trinajstić information content (AvgIpc) is 2.61. The van der Waals surface area contributed by atoms with Crippen LogP contribution in [0.3, 0.4) is 0 Å². The van der Waals surface area contributed by atoms with Gasteiger partial charge in [0.1, 0.15) is 17.3 Å². The SMILES string of the molecule is O=C(Nc1ccccc1F)c1cnc(Nc2ccc(F)c(F)c2)cn1. The van der Waals surface area contributed by atoms with Crippen molar-refractivity contribution in [2.24, 2.45) is 0 Å². The molecule has 0 bridgehead atoms. The molecule has 3 rings (SSSR count). The fourth-order valence-corrected chi connectivity index (χ4v) is 1.98. The third-order valence-electron chi connectivity index (χ3n) is 3.20. The standard InChI is InChI=1S/C17H11F3N4O/c18-11-6-5-10(7-13(11)20)23-16-9-21-15(8-22-16)17(25)24-14-4-2-1-3-12(14)19/h1-9H,(H,22,23)(H,24,25). The molecule has 2 aromatic carbocycles. The van der Waals surface area contributed by atoms with E-state index in [2.05, 4.69) is 20.6 Å². The zero-order valence-electron chi connectivity index (χ0n) is 12.6. The Morgan fingerprint density at radius 1 is 0.880 bits per heavy atom. The van der Waals surface area contributed by atoms with E-state index in [0.29, 0.717) is 0 Å². The number of anilines is 3. The molecule has 25 heavy (non-hydrogen) atoms. The molecule has 3 aromatic rings. The number of aromatic nitrogens is 2. The highest BCUT2D eigenvalue weighted by atomic mass is 19.2. The Labute approximate surface area is 140 Å². The Morgan fingerprint density at radius 3 is 2.36 bits per heavy atom. The monoisotopic (exact) mass is 344 g/mol. The van der Waals surface area contributed by atoms with Gasteiger partial charge in [0.05, 0.1) is 18.1 Å². The van der Waals surface area contributed by atoms with Gasteiger partial charge in [0, 0.05) is 11.8 Å². The number of halogens is 3. The molecule has 2 N–H and O–H groups in total. The number of carbonyl (C=O) groups excluding carboxylic acids is 1. The third kappa shape index (κ3) is 3.92. The summed E-state index contributed by atoms with van der Waals surface area (Å²) in [7, 11) is 0. The van der Waals surface area contributed by atoms with Gasteiger partial charge in [-0.05, 0) is 24.3 Å². The minimum atomic E-state index is -1.00. The van der Waals surface area contributed by atoms with Crippen LogP contribution in [0.5, 0.6) is 0 Å². The van der Waals surface area contributed by atoms with E-state index in [1.54, 1.807) is 6.07 Å². The van der Waals surface area contributed by atoms with Crippen molar-refractivity contribution < 1.29 is 18.0 Å². The molecule has 0 unspecified atom stereocenters. The molecule has 5 nitrogen and oxygen atoms in total. The first kappa shape index (κ1) is 16.4. The molecular formula is C17H11F3N4O. The smallest absolute Gasteiger partial charge is 0.275 e. The lowest BCUT2D eigenvalue weighted by molar-refractivity contribution is 0.102. The van der Waals surface area contributed by atoms with Crippen molar-refractivity contribution in [2.45, 2.75) is 0 Å². The van der Waals surface area contributed by atoms with Gasteiger partial charge in [-0.15, -0.1) is 0 Å². The summed E-state index contributed by atoms with van der Waals surface area (Å²) in [5, 5.41) is 5.11. The molecule has 0 aliphatic carbocycles. The maximum absolute atomic E-state index is 13.5. The number of benzene rings is 2. The predicted molar refractivity (Wildman–Crippen MR) is 86.0 cm³/mol. The van der Waals surface area contributed by atoms with Gasteiger partial charge in [0.15, 0.2) is 11.6 Å². The minimum absolute atomic E-state index is 0.0262. The van der Waals surface area contributed by atoms with Crippen LogP contribution in [-0.2, 0) is 0 Å². The lowest BCUT2D eigenvalue weighted by Gasteiger charge is -2.07. The maximum atomic E-state index is 13.5. The van der Waals surface area contributed by atoms with Crippen LogP contribution in [0.1, 0.15) is 10.5 Å². The zero-order valence-corrected chi connectivity index (χ0v) is 12.6. The molecule has 0 saturated heterocycles. The molecule has 0 spiro atoms. The zero-order chi connectivity index (χ0) is 17.8. The Balaban J connectivity index is 1.70. The van der Waals surface area contributed by atoms with E-state index in [9.17, 15) is 18.0 Å². The first-order valence-electron chi connectivity index (χ1n) is 7.13. The second-order valence-electron chi connectivity index (χ2n) is 4.97. The normalized spacial score (nSPS) is 10.4. The van der Waals surface area contributed by atoms with Crippen LogP contribution in [0.25, 0.3) is 0 Å². The van der Waals surface area contributed by atoms with E-state index in [4.69, 9.17) is 0 Å². The van der Waals surface area contributed by atoms with Gasteiger partial charge in [-0.1, -0.05) is 12.1 Å². The number of rotatable bonds is 4. The summed E-state index contributed by atoms with van der Waals surface area (Å²) in [4.78, 5) is 19.9. The number of amides is 1. The fraction of sp³-hybridized carbons (Fsp3) is 0. The van der Waals surface area contributed by atoms with Crippen LogP contribution >= 0.6 is 0 Å². The molecule has 1 amide bonds. The highest BCUT2D eigenvalue weighted by molar-refractivity contribution is 6.02. The first-order valence-corrected chi connectivity index (χ1v) is 7.13. The maximum Gasteiger partial charge on any atom is 0.275 e. The molecule has 0 saturated carbocycles. The summed E-state index contributed by atoms with van der Waals surface area (Å²) in [6, 6.07) is 8.99. The van der Waals surface area contributed by atoms with Crippen LogP contribution in [-0.4, -0.2) is 15.9 Å². The van der Waals surface area contributed by atoms with Crippen molar-refractivity contribution in [2.75, 3.05) is 10.6 Å². The number of nitrogens with one attached hydrogen (secondary N) is 2. The van der Waals surface area contributed by atoms with Crippen LogP contribution in [0.15, 0.2) is 54.9 Å². The molecular weight excluding hydrogens is 333 g/mol. The van der Waals surface area contributed by atoms with E-state index in [1.807, 2.05) is 0 Å². The second kappa shape index (κ2) is 7.00. The average molecular weight is 344 g/mol. The summed E-state index contributed by atoms with van der Waals surface area (Å²) < 4.78 is 39.6. The van der Waals surface area contributed by atoms with Crippen molar-refractivity contribution in [1.29, 1.82) is 0 Å². The van der Waals surface area contributed by atoms with Gasteiger partial charge in [-0.25, -0.2) is 23.1 Å². The number of hydrogen-bond acceptors (Lipinski definition) is 4. The van der Waals surface area contributed by atoms with E-state index < -0.39 is 23.4 Å². The third-order valence-corrected chi connectivity index (χ3v) is 3.20. The van der Waals surface area contributed by atoms with Gasteiger partial charge in [-0.2, -0.15) is 0 Å². The summed E-state index contributed by atoms with van der Waals surface area (Å²) >= 11 is 0. The molecule has 0 aliphatic heterocycles. The summed E-state index contributed by atoms with van der Waals surface area (Å²) in [5.41, 5.74) is 0.272. The van der Waals surface area contributed by atoms with Gasteiger partial charge in [-0.3, -0.25) is 4.79 Å². The van der Waals surface area contributed by atoms with E-state index >= 15 is 0 Å². The van der Waals surface area contributed by atoms with Crippen molar-refractivity contribution >= 4 is 23.1 Å². The van der Waals surface area contributed by atoms with Gasteiger partial charge in [0.2, 0.25) is 0 Å². The number of hydrogen-bond donors (Lipinski definition) is 2. The first-order chi connectivity index (χ1) is 12.0. The highest BCUT2D eigenvalue weighted by Crippen LogP contribution is 2.17. The Morgan fingerprint density at radius 2 is 1.68 bits per heavy atom. The summed E-state index contributed by atoms with van der Waals surface area (Å²) in [6.45, 7) is 0. The number of para-hydroxylation sites is 1. The Kier molecular flexibility index (Phi) is 4.60. The van der Waals surface area contributed by atoms with Crippen LogP contribution in [0.2, 0.25) is 0 Å². The number of nitrogens with zero attached hydrogens (tertiary/aromatic N) is 2. The van der Waals surface area contributed by atoms with Gasteiger partial charge in [0.25, 0.3) is 5.91 Å². The Hall–Kier alpha value is -3.42. The van der Waals surface area contributed by atoms with E-state index in [-0.39, 0.29) is 22.9 Å². The number of carbonyl (C=O) groups is 1. The lowest BCUT2D eigenvalue weighted by atomic mass is 10.3. The highest BCUT2D eigenvalue weighted by Gasteiger charge is 2.11. The van der Waals surface area contributed by atoms with Crippen LogP contribution in [0.4, 0.5) is 30.4 Å².